The van der Waals surface area contributed by atoms with Crippen molar-refractivity contribution >= 4 is 11.7 Å². The van der Waals surface area contributed by atoms with Gasteiger partial charge in [-0.3, -0.25) is 0 Å². The standard InChI is InChI=1S/C16H11N3O4/c20-16(21)12-8-4-7-11(9-12)13-14(17-19-22)15(23-18-13)10-5-2-1-3-6-10/h1-9H,(H,17,22)(H,20,21)/p+1. The quantitative estimate of drug-likeness (QED) is 0.621. The number of carboxylic acid groups (broad SMARTS) is 1. The van der Waals surface area contributed by atoms with Crippen LogP contribution < -0.4 is 10.7 Å². The average Bonchev–Trinajstić information content (AvgIpc) is 3.00. The number of carbonyl (C=O) groups is 1. The predicted molar refractivity (Wildman–Crippen MR) is 82.3 cm³/mol. The van der Waals surface area contributed by atoms with E-state index in [0.717, 1.165) is 5.56 Å². The molecule has 0 aliphatic rings. The number of nitrogens with zero attached hydrogens (tertiary/aromatic N) is 1. The van der Waals surface area contributed by atoms with E-state index in [9.17, 15) is 9.70 Å². The summed E-state index contributed by atoms with van der Waals surface area (Å²) in [4.78, 5) is 21.9. The normalized spacial score (nSPS) is 10.3. The van der Waals surface area contributed by atoms with Crippen LogP contribution in [0.5, 0.6) is 0 Å². The number of hydrogen-bond donors (Lipinski definition) is 3. The Morgan fingerprint density at radius 1 is 1.09 bits per heavy atom. The second-order valence-corrected chi connectivity index (χ2v) is 4.71. The molecule has 114 valence electrons. The Morgan fingerprint density at radius 3 is 2.52 bits per heavy atom. The molecule has 0 unspecified atom stereocenters. The zero-order valence-corrected chi connectivity index (χ0v) is 11.8. The van der Waals surface area contributed by atoms with Gasteiger partial charge in [-0.15, -0.1) is 5.43 Å². The number of nitroso groups, excluding NO2 is 1. The van der Waals surface area contributed by atoms with Crippen LogP contribution in [0.1, 0.15) is 10.4 Å². The number of hydrogen-bond acceptors (Lipinski definition) is 4. The summed E-state index contributed by atoms with van der Waals surface area (Å²) in [7, 11) is 0. The lowest BCUT2D eigenvalue weighted by Gasteiger charge is -2.01. The van der Waals surface area contributed by atoms with E-state index in [-0.39, 0.29) is 5.56 Å². The molecule has 0 amide bonds. The number of hydrazine groups is 1. The minimum atomic E-state index is -1.05. The van der Waals surface area contributed by atoms with E-state index in [0.29, 0.717) is 22.7 Å². The van der Waals surface area contributed by atoms with Gasteiger partial charge in [0.2, 0.25) is 0 Å². The van der Waals surface area contributed by atoms with Crippen LogP contribution in [0, 0.1) is 4.91 Å². The smallest absolute Gasteiger partial charge is 0.335 e. The van der Waals surface area contributed by atoms with Crippen LogP contribution in [0.3, 0.4) is 0 Å². The molecule has 0 radical (unpaired) electrons. The minimum absolute atomic E-state index is 0.118. The van der Waals surface area contributed by atoms with Crippen LogP contribution in [0.4, 0.5) is 5.69 Å². The van der Waals surface area contributed by atoms with Crippen LogP contribution in [0.25, 0.3) is 22.6 Å². The van der Waals surface area contributed by atoms with E-state index in [4.69, 9.17) is 9.63 Å². The first-order valence-corrected chi connectivity index (χ1v) is 6.72. The first-order chi connectivity index (χ1) is 11.2. The second-order valence-electron chi connectivity index (χ2n) is 4.71. The van der Waals surface area contributed by atoms with E-state index < -0.39 is 5.97 Å². The predicted octanol–water partition coefficient (Wildman–Crippen LogP) is 1.88. The van der Waals surface area contributed by atoms with Gasteiger partial charge in [0.25, 0.3) is 0 Å². The Labute approximate surface area is 130 Å². The van der Waals surface area contributed by atoms with Crippen molar-refractivity contribution in [3.8, 4) is 22.6 Å². The topological polar surface area (TPSA) is 106 Å². The highest BCUT2D eigenvalue weighted by molar-refractivity contribution is 5.91. The lowest BCUT2D eigenvalue weighted by Crippen LogP contribution is -2.69. The zero-order valence-electron chi connectivity index (χ0n) is 11.8. The maximum Gasteiger partial charge on any atom is 0.335 e. The van der Waals surface area contributed by atoms with Gasteiger partial charge >= 0.3 is 5.97 Å². The highest BCUT2D eigenvalue weighted by Crippen LogP contribution is 2.36. The second kappa shape index (κ2) is 6.10. The maximum atomic E-state index is 11.1. The molecular formula is C16H12N3O4+. The lowest BCUT2D eigenvalue weighted by atomic mass is 10.0. The number of benzene rings is 2. The zero-order chi connectivity index (χ0) is 16.2. The van der Waals surface area contributed by atoms with Crippen molar-refractivity contribution in [3.63, 3.8) is 0 Å². The molecule has 3 aromatic rings. The van der Waals surface area contributed by atoms with Crippen molar-refractivity contribution in [1.29, 1.82) is 0 Å². The Hall–Kier alpha value is -3.48. The molecule has 7 nitrogen and oxygen atoms in total. The van der Waals surface area contributed by atoms with Gasteiger partial charge in [0.05, 0.1) is 5.56 Å². The molecule has 1 aromatic heterocycles. The van der Waals surface area contributed by atoms with Crippen LogP contribution in [0.15, 0.2) is 59.1 Å². The fourth-order valence-electron chi connectivity index (χ4n) is 2.24. The Bertz CT molecular complexity index is 859. The molecule has 0 atom stereocenters. The Balaban J connectivity index is 2.13. The summed E-state index contributed by atoms with van der Waals surface area (Å²) in [6.07, 6.45) is 0. The highest BCUT2D eigenvalue weighted by atomic mass is 16.5. The third-order valence-electron chi connectivity index (χ3n) is 3.29. The fourth-order valence-corrected chi connectivity index (χ4v) is 2.24. The molecule has 0 aliphatic carbocycles. The molecule has 0 spiro atoms. The number of anilines is 1. The molecule has 7 heteroatoms. The van der Waals surface area contributed by atoms with Crippen LogP contribution in [-0.4, -0.2) is 16.2 Å². The average molecular weight is 310 g/mol. The molecule has 2 aromatic carbocycles. The minimum Gasteiger partial charge on any atom is -0.478 e. The van der Waals surface area contributed by atoms with E-state index in [1.165, 1.54) is 12.1 Å². The van der Waals surface area contributed by atoms with E-state index in [1.807, 2.05) is 30.3 Å². The van der Waals surface area contributed by atoms with Gasteiger partial charge < -0.3 is 9.63 Å². The third-order valence-corrected chi connectivity index (χ3v) is 3.29. The van der Waals surface area contributed by atoms with Crippen molar-refractivity contribution in [2.45, 2.75) is 0 Å². The molecule has 3 N–H and O–H groups in total. The van der Waals surface area contributed by atoms with Gasteiger partial charge in [-0.25, -0.2) is 4.79 Å². The summed E-state index contributed by atoms with van der Waals surface area (Å²) in [5, 5.41) is 14.7. The molecule has 0 saturated carbocycles. The van der Waals surface area contributed by atoms with Crippen LogP contribution >= 0.6 is 0 Å². The van der Waals surface area contributed by atoms with Crippen LogP contribution in [0.2, 0.25) is 0 Å². The van der Waals surface area contributed by atoms with Crippen molar-refractivity contribution in [2.75, 3.05) is 5.43 Å². The van der Waals surface area contributed by atoms with Gasteiger partial charge in [-0.2, -0.15) is 0 Å². The Morgan fingerprint density at radius 2 is 1.83 bits per heavy atom. The maximum absolute atomic E-state index is 11.1. The summed E-state index contributed by atoms with van der Waals surface area (Å²) >= 11 is 0. The summed E-state index contributed by atoms with van der Waals surface area (Å²) in [6.45, 7) is 0. The molecule has 1 heterocycles. The number of rotatable bonds is 5. The molecule has 0 saturated heterocycles. The van der Waals surface area contributed by atoms with Crippen LogP contribution in [-0.2, 0) is 0 Å². The molecule has 0 aliphatic heterocycles. The van der Waals surface area contributed by atoms with Gasteiger partial charge in [-0.05, 0) is 12.1 Å². The first-order valence-electron chi connectivity index (χ1n) is 6.72. The third kappa shape index (κ3) is 2.80. The molecule has 3 rings (SSSR count). The summed E-state index contributed by atoms with van der Waals surface area (Å²) in [5.74, 6) is -0.667. The highest BCUT2D eigenvalue weighted by Gasteiger charge is 2.21. The summed E-state index contributed by atoms with van der Waals surface area (Å²) in [5.41, 5.74) is 4.52. The molecule has 0 bridgehead atoms. The SMILES string of the molecule is O=[NH+]Nc1c(-c2cccc(C(=O)O)c2)noc1-c1ccccc1. The van der Waals surface area contributed by atoms with Gasteiger partial charge in [-0.1, -0.05) is 47.6 Å². The van der Waals surface area contributed by atoms with E-state index in [2.05, 4.69) is 10.6 Å². The Kier molecular flexibility index (Phi) is 3.84. The van der Waals surface area contributed by atoms with E-state index >= 15 is 0 Å². The molecular weight excluding hydrogens is 298 g/mol. The monoisotopic (exact) mass is 310 g/mol. The number of carboxylic acids is 1. The van der Waals surface area contributed by atoms with E-state index in [1.54, 1.807) is 17.4 Å². The van der Waals surface area contributed by atoms with Crippen molar-refractivity contribution in [2.24, 2.45) is 0 Å². The van der Waals surface area contributed by atoms with Crippen molar-refractivity contribution in [3.05, 3.63) is 65.1 Å². The van der Waals surface area contributed by atoms with Gasteiger partial charge in [0.1, 0.15) is 11.0 Å². The number of aromatic nitrogens is 1. The summed E-state index contributed by atoms with van der Waals surface area (Å²) < 4.78 is 5.35. The fraction of sp³-hybridized carbons (Fsp3) is 0. The lowest BCUT2D eigenvalue weighted by molar-refractivity contribution is -0.443. The number of nitrogens with one attached hydrogen (secondary N) is 2. The summed E-state index contributed by atoms with van der Waals surface area (Å²) in [6, 6.07) is 15.4. The number of aromatic carboxylic acids is 1. The van der Waals surface area contributed by atoms with Gasteiger partial charge in [0.15, 0.2) is 11.4 Å². The van der Waals surface area contributed by atoms with Crippen molar-refractivity contribution in [1.82, 2.24) is 5.16 Å². The molecule has 23 heavy (non-hydrogen) atoms. The van der Waals surface area contributed by atoms with Crippen molar-refractivity contribution < 1.29 is 19.7 Å². The first kappa shape index (κ1) is 14.5. The largest absolute Gasteiger partial charge is 0.478 e. The molecule has 0 fully saturated rings. The van der Waals surface area contributed by atoms with Gasteiger partial charge in [0, 0.05) is 16.0 Å².